The molecule has 18 heavy (non-hydrogen) atoms. The normalized spacial score (nSPS) is 11.6. The van der Waals surface area contributed by atoms with Crippen LogP contribution in [0.5, 0.6) is 0 Å². The van der Waals surface area contributed by atoms with Gasteiger partial charge in [0, 0.05) is 5.56 Å². The Kier molecular flexibility index (Phi) is 3.59. The van der Waals surface area contributed by atoms with Gasteiger partial charge >= 0.3 is 0 Å². The highest BCUT2D eigenvalue weighted by atomic mass is 19.1. The molecular weight excluding hydrogens is 227 g/mol. The summed E-state index contributed by atoms with van der Waals surface area (Å²) in [5, 5.41) is 12.1. The smallest absolute Gasteiger partial charge is 0.128 e. The zero-order chi connectivity index (χ0) is 13.0. The Morgan fingerprint density at radius 3 is 2.50 bits per heavy atom. The predicted molar refractivity (Wildman–Crippen MR) is 69.6 cm³/mol. The first-order chi connectivity index (χ1) is 8.72. The predicted octanol–water partition coefficient (Wildman–Crippen LogP) is 3.87. The van der Waals surface area contributed by atoms with E-state index < -0.39 is 0 Å². The van der Waals surface area contributed by atoms with Gasteiger partial charge in [-0.15, -0.1) is 0 Å². The number of hydrogen-bond acceptors (Lipinski definition) is 2. The van der Waals surface area contributed by atoms with Crippen LogP contribution in [-0.4, -0.2) is 0 Å². The Balaban J connectivity index is 2.25. The number of nitrogens with one attached hydrogen (secondary N) is 1. The number of benzene rings is 2. The van der Waals surface area contributed by atoms with Gasteiger partial charge in [0.1, 0.15) is 11.9 Å². The van der Waals surface area contributed by atoms with E-state index in [1.807, 2.05) is 19.1 Å². The molecule has 2 rings (SSSR count). The van der Waals surface area contributed by atoms with Gasteiger partial charge in [-0.3, -0.25) is 0 Å². The number of anilines is 1. The zero-order valence-corrected chi connectivity index (χ0v) is 10.0. The lowest BCUT2D eigenvalue weighted by Gasteiger charge is -2.17. The lowest BCUT2D eigenvalue weighted by Crippen LogP contribution is -2.09. The Labute approximate surface area is 106 Å². The molecule has 0 bridgehead atoms. The van der Waals surface area contributed by atoms with E-state index in [4.69, 9.17) is 5.26 Å². The largest absolute Gasteiger partial charge is 0.377 e. The van der Waals surface area contributed by atoms with Gasteiger partial charge in [-0.1, -0.05) is 30.3 Å². The van der Waals surface area contributed by atoms with Gasteiger partial charge in [0.25, 0.3) is 0 Å². The molecule has 1 atom stereocenters. The number of halogens is 1. The van der Waals surface area contributed by atoms with Crippen LogP contribution in [0.4, 0.5) is 10.1 Å². The van der Waals surface area contributed by atoms with Crippen LogP contribution in [-0.2, 0) is 0 Å². The van der Waals surface area contributed by atoms with Gasteiger partial charge < -0.3 is 5.32 Å². The van der Waals surface area contributed by atoms with Crippen LogP contribution in [0.3, 0.4) is 0 Å². The average molecular weight is 240 g/mol. The lowest BCUT2D eigenvalue weighted by atomic mass is 10.1. The minimum atomic E-state index is -0.244. The minimum Gasteiger partial charge on any atom is -0.377 e. The fourth-order valence-corrected chi connectivity index (χ4v) is 1.84. The maximum atomic E-state index is 13.6. The summed E-state index contributed by atoms with van der Waals surface area (Å²) in [6.07, 6.45) is 0. The van der Waals surface area contributed by atoms with Crippen molar-refractivity contribution in [3.8, 4) is 6.07 Å². The summed E-state index contributed by atoms with van der Waals surface area (Å²) in [7, 11) is 0. The highest BCUT2D eigenvalue weighted by molar-refractivity contribution is 5.58. The van der Waals surface area contributed by atoms with Crippen LogP contribution in [0.2, 0.25) is 0 Å². The standard InChI is InChI=1S/C15H13FN2/c1-11(13-7-3-4-8-14(13)16)18-15-9-5-2-6-12(15)10-17/h2-9,11,18H,1H3. The van der Waals surface area contributed by atoms with E-state index in [1.54, 1.807) is 30.3 Å². The van der Waals surface area contributed by atoms with Gasteiger partial charge in [-0.25, -0.2) is 4.39 Å². The maximum absolute atomic E-state index is 13.6. The number of nitrogens with zero attached hydrogens (tertiary/aromatic N) is 1. The quantitative estimate of drug-likeness (QED) is 0.884. The zero-order valence-electron chi connectivity index (χ0n) is 10.0. The summed E-state index contributed by atoms with van der Waals surface area (Å²) in [5.74, 6) is -0.244. The Bertz CT molecular complexity index is 587. The third-order valence-corrected chi connectivity index (χ3v) is 2.79. The van der Waals surface area contributed by atoms with Crippen molar-refractivity contribution in [2.75, 3.05) is 5.32 Å². The first-order valence-electron chi connectivity index (χ1n) is 5.72. The Morgan fingerprint density at radius 2 is 1.78 bits per heavy atom. The molecule has 1 unspecified atom stereocenters. The average Bonchev–Trinajstić information content (AvgIpc) is 2.39. The van der Waals surface area contributed by atoms with E-state index in [1.165, 1.54) is 6.07 Å². The molecule has 0 saturated heterocycles. The molecule has 0 heterocycles. The molecule has 0 aliphatic rings. The topological polar surface area (TPSA) is 35.8 Å². The molecule has 3 heteroatoms. The lowest BCUT2D eigenvalue weighted by molar-refractivity contribution is 0.600. The number of hydrogen-bond donors (Lipinski definition) is 1. The van der Waals surface area contributed by atoms with Gasteiger partial charge in [0.05, 0.1) is 17.3 Å². The molecule has 0 amide bonds. The summed E-state index contributed by atoms with van der Waals surface area (Å²) in [5.41, 5.74) is 1.86. The van der Waals surface area contributed by atoms with Crippen LogP contribution >= 0.6 is 0 Å². The molecule has 2 aromatic carbocycles. The first-order valence-corrected chi connectivity index (χ1v) is 5.72. The van der Waals surface area contributed by atoms with Crippen molar-refractivity contribution in [3.63, 3.8) is 0 Å². The van der Waals surface area contributed by atoms with E-state index in [9.17, 15) is 4.39 Å². The molecule has 0 spiro atoms. The Morgan fingerprint density at radius 1 is 1.11 bits per heavy atom. The van der Waals surface area contributed by atoms with Crippen molar-refractivity contribution in [2.24, 2.45) is 0 Å². The van der Waals surface area contributed by atoms with Crippen molar-refractivity contribution >= 4 is 5.69 Å². The molecule has 0 aliphatic carbocycles. The highest BCUT2D eigenvalue weighted by Crippen LogP contribution is 2.23. The summed E-state index contributed by atoms with van der Waals surface area (Å²) < 4.78 is 13.6. The monoisotopic (exact) mass is 240 g/mol. The number of rotatable bonds is 3. The first kappa shape index (κ1) is 12.1. The number of nitriles is 1. The SMILES string of the molecule is CC(Nc1ccccc1C#N)c1ccccc1F. The van der Waals surface area contributed by atoms with Crippen LogP contribution in [0.25, 0.3) is 0 Å². The summed E-state index contributed by atoms with van der Waals surface area (Å²) in [4.78, 5) is 0. The van der Waals surface area contributed by atoms with E-state index in [2.05, 4.69) is 11.4 Å². The second-order valence-electron chi connectivity index (χ2n) is 4.04. The van der Waals surface area contributed by atoms with Crippen molar-refractivity contribution < 1.29 is 4.39 Å². The van der Waals surface area contributed by atoms with E-state index >= 15 is 0 Å². The van der Waals surface area contributed by atoms with Crippen molar-refractivity contribution in [2.45, 2.75) is 13.0 Å². The minimum absolute atomic E-state index is 0.194. The van der Waals surface area contributed by atoms with Crippen LogP contribution < -0.4 is 5.32 Å². The van der Waals surface area contributed by atoms with E-state index in [-0.39, 0.29) is 11.9 Å². The van der Waals surface area contributed by atoms with Crippen LogP contribution in [0.15, 0.2) is 48.5 Å². The molecule has 2 aromatic rings. The second-order valence-corrected chi connectivity index (χ2v) is 4.04. The van der Waals surface area contributed by atoms with Crippen molar-refractivity contribution in [3.05, 3.63) is 65.5 Å². The highest BCUT2D eigenvalue weighted by Gasteiger charge is 2.11. The Hall–Kier alpha value is -2.34. The molecule has 0 aliphatic heterocycles. The van der Waals surface area contributed by atoms with E-state index in [0.717, 1.165) is 5.69 Å². The summed E-state index contributed by atoms with van der Waals surface area (Å²) >= 11 is 0. The van der Waals surface area contributed by atoms with Crippen molar-refractivity contribution in [1.29, 1.82) is 5.26 Å². The molecule has 90 valence electrons. The molecular formula is C15H13FN2. The van der Waals surface area contributed by atoms with Gasteiger partial charge in [-0.05, 0) is 25.1 Å². The van der Waals surface area contributed by atoms with Crippen LogP contribution in [0.1, 0.15) is 24.1 Å². The second kappa shape index (κ2) is 5.33. The molecule has 0 fully saturated rings. The van der Waals surface area contributed by atoms with E-state index in [0.29, 0.717) is 11.1 Å². The maximum Gasteiger partial charge on any atom is 0.128 e. The molecule has 0 saturated carbocycles. The number of para-hydroxylation sites is 1. The third kappa shape index (κ3) is 2.49. The van der Waals surface area contributed by atoms with Crippen LogP contribution in [0, 0.1) is 17.1 Å². The molecule has 0 aromatic heterocycles. The summed E-state index contributed by atoms with van der Waals surface area (Å²) in [6.45, 7) is 1.87. The molecule has 0 radical (unpaired) electrons. The molecule has 1 N–H and O–H groups in total. The summed E-state index contributed by atoms with van der Waals surface area (Å²) in [6, 6.07) is 15.7. The van der Waals surface area contributed by atoms with Crippen molar-refractivity contribution in [1.82, 2.24) is 0 Å². The van der Waals surface area contributed by atoms with Gasteiger partial charge in [0.15, 0.2) is 0 Å². The third-order valence-electron chi connectivity index (χ3n) is 2.79. The molecule has 2 nitrogen and oxygen atoms in total. The van der Waals surface area contributed by atoms with Gasteiger partial charge in [-0.2, -0.15) is 5.26 Å². The van der Waals surface area contributed by atoms with Gasteiger partial charge in [0.2, 0.25) is 0 Å². The fourth-order valence-electron chi connectivity index (χ4n) is 1.84. The fraction of sp³-hybridized carbons (Fsp3) is 0.133.